The van der Waals surface area contributed by atoms with Gasteiger partial charge in [0.15, 0.2) is 0 Å². The lowest BCUT2D eigenvalue weighted by atomic mass is 10.00. The second-order valence-corrected chi connectivity index (χ2v) is 6.67. The van der Waals surface area contributed by atoms with E-state index >= 15 is 0 Å². The van der Waals surface area contributed by atoms with Crippen molar-refractivity contribution in [1.29, 1.82) is 0 Å². The highest BCUT2D eigenvalue weighted by atomic mass is 16.4. The Morgan fingerprint density at radius 1 is 0.966 bits per heavy atom. The van der Waals surface area contributed by atoms with Crippen LogP contribution in [0.1, 0.15) is 24.0 Å². The first-order chi connectivity index (χ1) is 14.0. The third kappa shape index (κ3) is 4.60. The van der Waals surface area contributed by atoms with Crippen LogP contribution in [-0.2, 0) is 14.4 Å². The van der Waals surface area contributed by atoms with E-state index in [2.05, 4.69) is 0 Å². The van der Waals surface area contributed by atoms with Crippen molar-refractivity contribution >= 4 is 29.5 Å². The van der Waals surface area contributed by atoms with Gasteiger partial charge in [-0.1, -0.05) is 72.8 Å². The number of aliphatic hydroxyl groups excluding tert-OH is 1. The third-order valence-electron chi connectivity index (χ3n) is 4.69. The fraction of sp³-hybridized carbons (Fsp3) is 0.174. The predicted octanol–water partition coefficient (Wildman–Crippen LogP) is 3.31. The summed E-state index contributed by atoms with van der Waals surface area (Å²) in [7, 11) is 0. The predicted molar refractivity (Wildman–Crippen MR) is 109 cm³/mol. The van der Waals surface area contributed by atoms with Crippen molar-refractivity contribution in [1.82, 2.24) is 4.90 Å². The van der Waals surface area contributed by atoms with Crippen LogP contribution in [-0.4, -0.2) is 45.4 Å². The molecule has 1 heterocycles. The number of amides is 1. The van der Waals surface area contributed by atoms with Gasteiger partial charge in [0.05, 0.1) is 11.6 Å². The van der Waals surface area contributed by atoms with E-state index in [1.165, 1.54) is 4.90 Å². The topological polar surface area (TPSA) is 94.9 Å². The maximum atomic E-state index is 12.7. The van der Waals surface area contributed by atoms with Crippen molar-refractivity contribution in [2.75, 3.05) is 6.54 Å². The van der Waals surface area contributed by atoms with Crippen LogP contribution in [0.5, 0.6) is 0 Å². The first-order valence-electron chi connectivity index (χ1n) is 9.28. The summed E-state index contributed by atoms with van der Waals surface area (Å²) in [4.78, 5) is 37.4. The minimum absolute atomic E-state index is 0.00343. The number of rotatable bonds is 7. The van der Waals surface area contributed by atoms with E-state index in [9.17, 15) is 19.5 Å². The van der Waals surface area contributed by atoms with E-state index < -0.39 is 23.7 Å². The molecule has 29 heavy (non-hydrogen) atoms. The van der Waals surface area contributed by atoms with Gasteiger partial charge in [0.1, 0.15) is 5.76 Å². The number of aliphatic carboxylic acids is 1. The molecule has 1 fully saturated rings. The van der Waals surface area contributed by atoms with Crippen LogP contribution >= 0.6 is 0 Å². The van der Waals surface area contributed by atoms with Gasteiger partial charge in [-0.2, -0.15) is 0 Å². The van der Waals surface area contributed by atoms with Crippen LogP contribution in [0.4, 0.5) is 0 Å². The molecule has 1 aliphatic rings. The lowest BCUT2D eigenvalue weighted by Crippen LogP contribution is -2.34. The van der Waals surface area contributed by atoms with E-state index in [-0.39, 0.29) is 30.7 Å². The Morgan fingerprint density at radius 3 is 2.21 bits per heavy atom. The zero-order chi connectivity index (χ0) is 20.8. The van der Waals surface area contributed by atoms with E-state index in [4.69, 9.17) is 5.11 Å². The molecule has 0 saturated carbocycles. The minimum atomic E-state index is -0.970. The lowest BCUT2D eigenvalue weighted by molar-refractivity contribution is -0.140. The fourth-order valence-electron chi connectivity index (χ4n) is 3.27. The minimum Gasteiger partial charge on any atom is -0.507 e. The number of hydrogen-bond donors (Lipinski definition) is 2. The average molecular weight is 391 g/mol. The Hall–Kier alpha value is -3.67. The number of nitrogens with zero attached hydrogens (tertiary/aromatic N) is 1. The van der Waals surface area contributed by atoms with Gasteiger partial charge in [0.25, 0.3) is 11.7 Å². The molecule has 148 valence electrons. The first kappa shape index (κ1) is 20.1. The highest BCUT2D eigenvalue weighted by Crippen LogP contribution is 2.30. The first-order valence-corrected chi connectivity index (χ1v) is 9.28. The molecule has 2 aromatic carbocycles. The molecule has 1 aliphatic heterocycles. The van der Waals surface area contributed by atoms with Crippen molar-refractivity contribution in [2.45, 2.75) is 18.9 Å². The van der Waals surface area contributed by atoms with E-state index in [0.717, 1.165) is 5.56 Å². The van der Waals surface area contributed by atoms with Gasteiger partial charge in [-0.3, -0.25) is 14.4 Å². The number of Topliss-reactive ketones (excluding diaryl/α,β-unsaturated/α-hetero) is 1. The van der Waals surface area contributed by atoms with Gasteiger partial charge in [0.2, 0.25) is 0 Å². The van der Waals surface area contributed by atoms with Crippen molar-refractivity contribution in [3.63, 3.8) is 0 Å². The summed E-state index contributed by atoms with van der Waals surface area (Å²) in [5, 5.41) is 19.6. The van der Waals surface area contributed by atoms with Crippen LogP contribution < -0.4 is 0 Å². The van der Waals surface area contributed by atoms with Gasteiger partial charge in [-0.15, -0.1) is 0 Å². The maximum absolute atomic E-state index is 12.7. The Labute approximate surface area is 168 Å². The average Bonchev–Trinajstić information content (AvgIpc) is 2.97. The standard InChI is InChI=1S/C23H21NO5/c25-19(26)12-7-15-24-18(14-13-16-8-3-1-4-9-16)20(22(28)23(24)29)21(27)17-10-5-2-6-11-17/h1-6,8-11,13-14,18,27H,7,12,15H2,(H,25,26)/b14-13+,21-20-. The number of carboxylic acid groups (broad SMARTS) is 1. The highest BCUT2D eigenvalue weighted by Gasteiger charge is 2.43. The smallest absolute Gasteiger partial charge is 0.303 e. The second kappa shape index (κ2) is 9.01. The Kier molecular flexibility index (Phi) is 6.24. The number of carboxylic acids is 1. The SMILES string of the molecule is O=C(O)CCCN1C(=O)C(=O)/C(=C(\O)c2ccccc2)C1/C=C/c1ccccc1. The molecule has 1 amide bonds. The monoisotopic (exact) mass is 391 g/mol. The van der Waals surface area contributed by atoms with Crippen LogP contribution in [0.25, 0.3) is 11.8 Å². The number of ketones is 1. The molecule has 6 nitrogen and oxygen atoms in total. The number of benzene rings is 2. The molecular weight excluding hydrogens is 370 g/mol. The normalized spacial score (nSPS) is 18.5. The molecule has 0 aliphatic carbocycles. The Bertz CT molecular complexity index is 963. The molecule has 0 radical (unpaired) electrons. The molecule has 6 heteroatoms. The highest BCUT2D eigenvalue weighted by molar-refractivity contribution is 6.47. The number of aliphatic hydroxyl groups is 1. The van der Waals surface area contributed by atoms with Crippen LogP contribution in [0.2, 0.25) is 0 Å². The van der Waals surface area contributed by atoms with Crippen molar-refractivity contribution in [2.24, 2.45) is 0 Å². The van der Waals surface area contributed by atoms with Crippen molar-refractivity contribution < 1.29 is 24.6 Å². The fourth-order valence-corrected chi connectivity index (χ4v) is 3.27. The molecule has 0 aromatic heterocycles. The molecule has 2 N–H and O–H groups in total. The van der Waals surface area contributed by atoms with E-state index in [1.54, 1.807) is 42.5 Å². The number of carbonyl (C=O) groups is 3. The van der Waals surface area contributed by atoms with E-state index in [1.807, 2.05) is 30.3 Å². The van der Waals surface area contributed by atoms with Crippen molar-refractivity contribution in [3.8, 4) is 0 Å². The largest absolute Gasteiger partial charge is 0.507 e. The summed E-state index contributed by atoms with van der Waals surface area (Å²) in [6, 6.07) is 17.2. The molecular formula is C23H21NO5. The number of likely N-dealkylation sites (tertiary alicyclic amines) is 1. The molecule has 3 rings (SSSR count). The molecule has 0 bridgehead atoms. The van der Waals surface area contributed by atoms with Crippen LogP contribution in [0, 0.1) is 0 Å². The molecule has 1 saturated heterocycles. The van der Waals surface area contributed by atoms with Gasteiger partial charge >= 0.3 is 5.97 Å². The number of carbonyl (C=O) groups excluding carboxylic acids is 2. The Morgan fingerprint density at radius 2 is 1.59 bits per heavy atom. The van der Waals surface area contributed by atoms with E-state index in [0.29, 0.717) is 5.56 Å². The molecule has 0 spiro atoms. The molecule has 2 aromatic rings. The quantitative estimate of drug-likeness (QED) is 0.429. The summed E-state index contributed by atoms with van der Waals surface area (Å²) >= 11 is 0. The summed E-state index contributed by atoms with van der Waals surface area (Å²) in [5.41, 5.74) is 1.32. The maximum Gasteiger partial charge on any atom is 0.303 e. The molecule has 1 unspecified atom stereocenters. The van der Waals surface area contributed by atoms with Gasteiger partial charge in [-0.25, -0.2) is 0 Å². The lowest BCUT2D eigenvalue weighted by Gasteiger charge is -2.22. The van der Waals surface area contributed by atoms with Gasteiger partial charge in [-0.05, 0) is 12.0 Å². The van der Waals surface area contributed by atoms with Gasteiger partial charge < -0.3 is 15.1 Å². The zero-order valence-electron chi connectivity index (χ0n) is 15.7. The summed E-state index contributed by atoms with van der Waals surface area (Å²) in [6.07, 6.45) is 3.56. The number of hydrogen-bond acceptors (Lipinski definition) is 4. The van der Waals surface area contributed by atoms with Crippen LogP contribution in [0.15, 0.2) is 72.3 Å². The van der Waals surface area contributed by atoms with Crippen molar-refractivity contribution in [3.05, 3.63) is 83.4 Å². The summed E-state index contributed by atoms with van der Waals surface area (Å²) < 4.78 is 0. The third-order valence-corrected chi connectivity index (χ3v) is 4.69. The van der Waals surface area contributed by atoms with Crippen LogP contribution in [0.3, 0.4) is 0 Å². The summed E-state index contributed by atoms with van der Waals surface area (Å²) in [5.74, 6) is -2.73. The zero-order valence-corrected chi connectivity index (χ0v) is 15.7. The second-order valence-electron chi connectivity index (χ2n) is 6.67. The molecule has 1 atom stereocenters. The summed E-state index contributed by atoms with van der Waals surface area (Å²) in [6.45, 7) is 0.103. The van der Waals surface area contributed by atoms with Gasteiger partial charge in [0, 0.05) is 18.5 Å². The Balaban J connectivity index is 2.00.